The lowest BCUT2D eigenvalue weighted by Gasteiger charge is -2.19. The van der Waals surface area contributed by atoms with Crippen molar-refractivity contribution in [3.63, 3.8) is 0 Å². The molecule has 1 aromatic carbocycles. The minimum Gasteiger partial charge on any atom is -0.409 e. The van der Waals surface area contributed by atoms with Gasteiger partial charge in [-0.15, -0.1) is 0 Å². The first-order valence-electron chi connectivity index (χ1n) is 6.66. The maximum Gasteiger partial charge on any atom is 0.170 e. The van der Waals surface area contributed by atoms with Gasteiger partial charge in [0.05, 0.1) is 0 Å². The van der Waals surface area contributed by atoms with Crippen LogP contribution in [0, 0.1) is 0 Å². The number of aromatic nitrogens is 2. The van der Waals surface area contributed by atoms with Gasteiger partial charge < -0.3 is 15.8 Å². The smallest absolute Gasteiger partial charge is 0.170 e. The lowest BCUT2D eigenvalue weighted by atomic mass is 10.1. The van der Waals surface area contributed by atoms with Crippen LogP contribution in [0.4, 0.5) is 11.5 Å². The molecule has 0 aliphatic carbocycles. The predicted octanol–water partition coefficient (Wildman–Crippen LogP) is 2.46. The fourth-order valence-corrected chi connectivity index (χ4v) is 1.92. The average Bonchev–Trinajstić information content (AvgIpc) is 2.53. The van der Waals surface area contributed by atoms with Crippen molar-refractivity contribution in [3.05, 3.63) is 47.9 Å². The van der Waals surface area contributed by atoms with E-state index in [0.29, 0.717) is 11.5 Å². The monoisotopic (exact) mass is 285 g/mol. The maximum atomic E-state index is 8.76. The van der Waals surface area contributed by atoms with Crippen LogP contribution in [0.3, 0.4) is 0 Å². The molecule has 2 aromatic rings. The number of oxime groups is 1. The zero-order valence-corrected chi connectivity index (χ0v) is 12.4. The van der Waals surface area contributed by atoms with Gasteiger partial charge in [-0.1, -0.05) is 31.1 Å². The molecule has 6 nitrogen and oxygen atoms in total. The summed E-state index contributed by atoms with van der Waals surface area (Å²) in [6.45, 7) is 4.18. The molecule has 0 aliphatic heterocycles. The Balaban J connectivity index is 2.36. The number of hydrogen-bond acceptors (Lipinski definition) is 5. The Labute approximate surface area is 123 Å². The standard InChI is InChI=1S/C15H19N5O/c1-10(2)13-8-14(18-9-17-13)20(3)12-6-4-5-11(7-12)15(16)19-21/h4-10,21H,1-3H3,(H2,16,19). The van der Waals surface area contributed by atoms with Gasteiger partial charge >= 0.3 is 0 Å². The quantitative estimate of drug-likeness (QED) is 0.390. The Kier molecular flexibility index (Phi) is 4.37. The largest absolute Gasteiger partial charge is 0.409 e. The van der Waals surface area contributed by atoms with E-state index < -0.39 is 0 Å². The van der Waals surface area contributed by atoms with E-state index in [1.54, 1.807) is 12.4 Å². The van der Waals surface area contributed by atoms with Crippen LogP contribution in [-0.4, -0.2) is 28.1 Å². The van der Waals surface area contributed by atoms with E-state index in [4.69, 9.17) is 10.9 Å². The molecule has 3 N–H and O–H groups in total. The summed E-state index contributed by atoms with van der Waals surface area (Å²) in [5.74, 6) is 1.21. The van der Waals surface area contributed by atoms with Gasteiger partial charge in [0.2, 0.25) is 0 Å². The molecule has 0 radical (unpaired) electrons. The Hall–Kier alpha value is -2.63. The summed E-state index contributed by atoms with van der Waals surface area (Å²) in [4.78, 5) is 10.5. The lowest BCUT2D eigenvalue weighted by Crippen LogP contribution is -2.16. The summed E-state index contributed by atoms with van der Waals surface area (Å²) >= 11 is 0. The third kappa shape index (κ3) is 3.28. The van der Waals surface area contributed by atoms with Crippen molar-refractivity contribution in [2.75, 3.05) is 11.9 Å². The Morgan fingerprint density at radius 1 is 1.29 bits per heavy atom. The van der Waals surface area contributed by atoms with Gasteiger partial charge in [0.1, 0.15) is 12.1 Å². The lowest BCUT2D eigenvalue weighted by molar-refractivity contribution is 0.318. The topological polar surface area (TPSA) is 87.6 Å². The van der Waals surface area contributed by atoms with E-state index in [-0.39, 0.29) is 5.84 Å². The van der Waals surface area contributed by atoms with Gasteiger partial charge in [-0.25, -0.2) is 9.97 Å². The van der Waals surface area contributed by atoms with Crippen molar-refractivity contribution in [2.45, 2.75) is 19.8 Å². The maximum absolute atomic E-state index is 8.76. The van der Waals surface area contributed by atoms with E-state index in [1.807, 2.05) is 36.2 Å². The highest BCUT2D eigenvalue weighted by Gasteiger charge is 2.10. The minimum absolute atomic E-state index is 0.0795. The molecule has 21 heavy (non-hydrogen) atoms. The van der Waals surface area contributed by atoms with Gasteiger partial charge in [0, 0.05) is 30.1 Å². The first-order chi connectivity index (χ1) is 10.0. The predicted molar refractivity (Wildman–Crippen MR) is 83.1 cm³/mol. The Morgan fingerprint density at radius 2 is 2.05 bits per heavy atom. The van der Waals surface area contributed by atoms with Crippen molar-refractivity contribution < 1.29 is 5.21 Å². The van der Waals surface area contributed by atoms with E-state index >= 15 is 0 Å². The van der Waals surface area contributed by atoms with Crippen molar-refractivity contribution in [1.82, 2.24) is 9.97 Å². The molecule has 0 saturated heterocycles. The zero-order valence-electron chi connectivity index (χ0n) is 12.4. The molecule has 2 rings (SSSR count). The van der Waals surface area contributed by atoms with Gasteiger partial charge in [0.15, 0.2) is 5.84 Å². The molecule has 0 aliphatic rings. The average molecular weight is 285 g/mol. The van der Waals surface area contributed by atoms with Crippen LogP contribution in [-0.2, 0) is 0 Å². The second-order valence-corrected chi connectivity index (χ2v) is 5.05. The number of rotatable bonds is 4. The van der Waals surface area contributed by atoms with E-state index in [0.717, 1.165) is 17.2 Å². The molecule has 0 atom stereocenters. The molecule has 0 unspecified atom stereocenters. The van der Waals surface area contributed by atoms with Crippen LogP contribution < -0.4 is 10.6 Å². The third-order valence-electron chi connectivity index (χ3n) is 3.25. The molecular formula is C15H19N5O. The summed E-state index contributed by atoms with van der Waals surface area (Å²) < 4.78 is 0. The summed E-state index contributed by atoms with van der Waals surface area (Å²) in [6.07, 6.45) is 1.56. The van der Waals surface area contributed by atoms with Crippen molar-refractivity contribution >= 4 is 17.3 Å². The van der Waals surface area contributed by atoms with E-state index in [9.17, 15) is 0 Å². The molecule has 0 saturated carbocycles. The van der Waals surface area contributed by atoms with Gasteiger partial charge in [0.25, 0.3) is 0 Å². The number of nitrogens with two attached hydrogens (primary N) is 1. The summed E-state index contributed by atoms with van der Waals surface area (Å²) in [7, 11) is 1.91. The van der Waals surface area contributed by atoms with Crippen molar-refractivity contribution in [3.8, 4) is 0 Å². The molecule has 6 heteroatoms. The highest BCUT2D eigenvalue weighted by Crippen LogP contribution is 2.24. The second kappa shape index (κ2) is 6.21. The third-order valence-corrected chi connectivity index (χ3v) is 3.25. The first kappa shape index (κ1) is 14.8. The highest BCUT2D eigenvalue weighted by molar-refractivity contribution is 5.97. The fourth-order valence-electron chi connectivity index (χ4n) is 1.92. The minimum atomic E-state index is 0.0795. The Morgan fingerprint density at radius 3 is 2.71 bits per heavy atom. The molecule has 0 fully saturated rings. The normalized spacial score (nSPS) is 11.7. The van der Waals surface area contributed by atoms with Crippen LogP contribution in [0.1, 0.15) is 31.0 Å². The molecule has 0 bridgehead atoms. The SMILES string of the molecule is CC(C)c1cc(N(C)c2cccc(C(N)=NO)c2)ncn1. The zero-order chi connectivity index (χ0) is 15.4. The summed E-state index contributed by atoms with van der Waals surface area (Å²) in [5.41, 5.74) is 8.16. The van der Waals surface area contributed by atoms with Crippen molar-refractivity contribution in [2.24, 2.45) is 10.9 Å². The first-order valence-corrected chi connectivity index (χ1v) is 6.66. The summed E-state index contributed by atoms with van der Waals surface area (Å²) in [6, 6.07) is 9.37. The van der Waals surface area contributed by atoms with Crippen molar-refractivity contribution in [1.29, 1.82) is 0 Å². The number of amidine groups is 1. The molecule has 1 heterocycles. The van der Waals surface area contributed by atoms with E-state index in [1.165, 1.54) is 0 Å². The number of benzene rings is 1. The van der Waals surface area contributed by atoms with Crippen LogP contribution >= 0.6 is 0 Å². The van der Waals surface area contributed by atoms with Gasteiger partial charge in [-0.05, 0) is 18.1 Å². The molecular weight excluding hydrogens is 266 g/mol. The molecule has 110 valence electrons. The molecule has 0 amide bonds. The van der Waals surface area contributed by atoms with Crippen LogP contribution in [0.2, 0.25) is 0 Å². The molecule has 0 spiro atoms. The van der Waals surface area contributed by atoms with Gasteiger partial charge in [-0.2, -0.15) is 0 Å². The van der Waals surface area contributed by atoms with Crippen LogP contribution in [0.25, 0.3) is 0 Å². The fraction of sp³-hybridized carbons (Fsp3) is 0.267. The number of anilines is 2. The van der Waals surface area contributed by atoms with Crippen LogP contribution in [0.5, 0.6) is 0 Å². The van der Waals surface area contributed by atoms with Crippen LogP contribution in [0.15, 0.2) is 41.8 Å². The number of hydrogen-bond donors (Lipinski definition) is 2. The second-order valence-electron chi connectivity index (χ2n) is 5.05. The van der Waals surface area contributed by atoms with Gasteiger partial charge in [-0.3, -0.25) is 0 Å². The number of nitrogens with zero attached hydrogens (tertiary/aromatic N) is 4. The Bertz CT molecular complexity index is 654. The highest BCUT2D eigenvalue weighted by atomic mass is 16.4. The summed E-state index contributed by atoms with van der Waals surface area (Å²) in [5, 5.41) is 11.8. The van der Waals surface area contributed by atoms with E-state index in [2.05, 4.69) is 29.0 Å². The molecule has 1 aromatic heterocycles.